The van der Waals surface area contributed by atoms with Gasteiger partial charge in [0.15, 0.2) is 0 Å². The van der Waals surface area contributed by atoms with Gasteiger partial charge in [0.2, 0.25) is 0 Å². The molecule has 0 saturated carbocycles. The van der Waals surface area contributed by atoms with Gasteiger partial charge in [0.25, 0.3) is 0 Å². The van der Waals surface area contributed by atoms with Crippen molar-refractivity contribution in [3.63, 3.8) is 0 Å². The van der Waals surface area contributed by atoms with Gasteiger partial charge >= 0.3 is 0 Å². The van der Waals surface area contributed by atoms with Crippen molar-refractivity contribution in [2.75, 3.05) is 19.8 Å². The molecule has 0 aliphatic heterocycles. The molecule has 0 amide bonds. The van der Waals surface area contributed by atoms with Crippen molar-refractivity contribution in [2.45, 2.75) is 19.9 Å². The molecule has 0 aliphatic carbocycles. The molecule has 1 aromatic heterocycles. The van der Waals surface area contributed by atoms with E-state index in [-0.39, 0.29) is 0 Å². The van der Waals surface area contributed by atoms with E-state index in [2.05, 4.69) is 17.2 Å². The van der Waals surface area contributed by atoms with E-state index >= 15 is 0 Å². The highest BCUT2D eigenvalue weighted by molar-refractivity contribution is 7.09. The zero-order valence-electron chi connectivity index (χ0n) is 7.95. The number of aromatic nitrogens is 1. The van der Waals surface area contributed by atoms with Crippen LogP contribution in [0.3, 0.4) is 0 Å². The fourth-order valence-electron chi connectivity index (χ4n) is 0.932. The molecule has 3 nitrogen and oxygen atoms in total. The largest absolute Gasteiger partial charge is 0.380 e. The Morgan fingerprint density at radius 1 is 1.54 bits per heavy atom. The van der Waals surface area contributed by atoms with Crippen molar-refractivity contribution < 1.29 is 4.74 Å². The molecular weight excluding hydrogens is 184 g/mol. The molecule has 1 rings (SSSR count). The highest BCUT2D eigenvalue weighted by atomic mass is 32.1. The van der Waals surface area contributed by atoms with Gasteiger partial charge in [-0.25, -0.2) is 0 Å². The standard InChI is InChI=1S/C9H16N2OS/c1-2-4-12-5-3-10-6-9-7-11-8-13-9/h7-8,10H,2-6H2,1H3. The molecule has 1 heterocycles. The molecule has 0 fully saturated rings. The summed E-state index contributed by atoms with van der Waals surface area (Å²) in [5.41, 5.74) is 1.85. The van der Waals surface area contributed by atoms with Crippen molar-refractivity contribution in [3.05, 3.63) is 16.6 Å². The predicted octanol–water partition coefficient (Wildman–Crippen LogP) is 1.66. The first-order valence-electron chi connectivity index (χ1n) is 4.59. The molecule has 0 spiro atoms. The molecule has 74 valence electrons. The van der Waals surface area contributed by atoms with E-state index in [0.717, 1.165) is 32.7 Å². The summed E-state index contributed by atoms with van der Waals surface area (Å²) in [5, 5.41) is 3.29. The summed E-state index contributed by atoms with van der Waals surface area (Å²) < 4.78 is 5.33. The Morgan fingerprint density at radius 3 is 3.15 bits per heavy atom. The van der Waals surface area contributed by atoms with E-state index in [9.17, 15) is 0 Å². The van der Waals surface area contributed by atoms with Gasteiger partial charge in [-0.15, -0.1) is 11.3 Å². The van der Waals surface area contributed by atoms with Crippen LogP contribution in [-0.2, 0) is 11.3 Å². The third-order valence-corrected chi connectivity index (χ3v) is 2.33. The van der Waals surface area contributed by atoms with Crippen molar-refractivity contribution in [3.8, 4) is 0 Å². The Balaban J connectivity index is 1.90. The van der Waals surface area contributed by atoms with Gasteiger partial charge in [-0.3, -0.25) is 4.98 Å². The van der Waals surface area contributed by atoms with Crippen LogP contribution in [-0.4, -0.2) is 24.7 Å². The third kappa shape index (κ3) is 4.98. The van der Waals surface area contributed by atoms with Crippen molar-refractivity contribution in [2.24, 2.45) is 0 Å². The van der Waals surface area contributed by atoms with E-state index in [1.807, 2.05) is 11.7 Å². The lowest BCUT2D eigenvalue weighted by atomic mass is 10.5. The number of thiazole rings is 1. The van der Waals surface area contributed by atoms with Gasteiger partial charge in [0, 0.05) is 30.8 Å². The third-order valence-electron chi connectivity index (χ3n) is 1.55. The Hall–Kier alpha value is -0.450. The predicted molar refractivity (Wildman–Crippen MR) is 54.9 cm³/mol. The van der Waals surface area contributed by atoms with E-state index in [1.54, 1.807) is 11.3 Å². The topological polar surface area (TPSA) is 34.1 Å². The second kappa shape index (κ2) is 7.00. The van der Waals surface area contributed by atoms with Gasteiger partial charge in [0.1, 0.15) is 0 Å². The first-order chi connectivity index (χ1) is 6.43. The van der Waals surface area contributed by atoms with Crippen molar-refractivity contribution in [1.82, 2.24) is 10.3 Å². The fourth-order valence-corrected chi connectivity index (χ4v) is 1.50. The second-order valence-corrected chi connectivity index (χ2v) is 3.73. The maximum absolute atomic E-state index is 5.33. The van der Waals surface area contributed by atoms with Crippen LogP contribution in [0.4, 0.5) is 0 Å². The molecule has 0 aromatic carbocycles. The molecule has 13 heavy (non-hydrogen) atoms. The van der Waals surface area contributed by atoms with Crippen LogP contribution in [0.25, 0.3) is 0 Å². The molecule has 1 aromatic rings. The van der Waals surface area contributed by atoms with Crippen LogP contribution in [0.15, 0.2) is 11.7 Å². The molecule has 0 radical (unpaired) electrons. The minimum Gasteiger partial charge on any atom is -0.380 e. The number of hydrogen-bond donors (Lipinski definition) is 1. The average Bonchev–Trinajstić information content (AvgIpc) is 2.63. The fraction of sp³-hybridized carbons (Fsp3) is 0.667. The number of nitrogens with one attached hydrogen (secondary N) is 1. The Morgan fingerprint density at radius 2 is 2.46 bits per heavy atom. The summed E-state index contributed by atoms with van der Waals surface area (Å²) in [6.07, 6.45) is 2.99. The normalized spacial score (nSPS) is 10.5. The molecule has 0 bridgehead atoms. The zero-order chi connectivity index (χ0) is 9.36. The maximum Gasteiger partial charge on any atom is 0.0794 e. The summed E-state index contributed by atoms with van der Waals surface area (Å²) >= 11 is 1.68. The highest BCUT2D eigenvalue weighted by Crippen LogP contribution is 2.03. The van der Waals surface area contributed by atoms with Gasteiger partial charge in [-0.05, 0) is 6.42 Å². The van der Waals surface area contributed by atoms with E-state index in [4.69, 9.17) is 4.74 Å². The smallest absolute Gasteiger partial charge is 0.0794 e. The van der Waals surface area contributed by atoms with E-state index in [1.165, 1.54) is 4.88 Å². The summed E-state index contributed by atoms with van der Waals surface area (Å²) in [6.45, 7) is 5.59. The van der Waals surface area contributed by atoms with E-state index < -0.39 is 0 Å². The summed E-state index contributed by atoms with van der Waals surface area (Å²) in [7, 11) is 0. The molecule has 0 atom stereocenters. The van der Waals surface area contributed by atoms with Crippen LogP contribution < -0.4 is 5.32 Å². The molecule has 0 saturated heterocycles. The highest BCUT2D eigenvalue weighted by Gasteiger charge is 1.92. The Kier molecular flexibility index (Phi) is 5.73. The lowest BCUT2D eigenvalue weighted by Crippen LogP contribution is -2.18. The van der Waals surface area contributed by atoms with Crippen LogP contribution in [0.2, 0.25) is 0 Å². The molecule has 1 N–H and O–H groups in total. The van der Waals surface area contributed by atoms with Gasteiger partial charge in [-0.2, -0.15) is 0 Å². The summed E-state index contributed by atoms with van der Waals surface area (Å²) in [4.78, 5) is 5.27. The van der Waals surface area contributed by atoms with Gasteiger partial charge in [0.05, 0.1) is 12.1 Å². The minimum absolute atomic E-state index is 0.798. The zero-order valence-corrected chi connectivity index (χ0v) is 8.77. The number of rotatable bonds is 7. The number of nitrogens with zero attached hydrogens (tertiary/aromatic N) is 1. The number of ether oxygens (including phenoxy) is 1. The maximum atomic E-state index is 5.33. The SMILES string of the molecule is CCCOCCNCc1cncs1. The molecule has 0 aliphatic rings. The van der Waals surface area contributed by atoms with Crippen LogP contribution in [0.5, 0.6) is 0 Å². The number of hydrogen-bond acceptors (Lipinski definition) is 4. The van der Waals surface area contributed by atoms with E-state index in [0.29, 0.717) is 0 Å². The molecule has 0 unspecified atom stereocenters. The van der Waals surface area contributed by atoms with Crippen molar-refractivity contribution >= 4 is 11.3 Å². The lowest BCUT2D eigenvalue weighted by molar-refractivity contribution is 0.136. The lowest BCUT2D eigenvalue weighted by Gasteiger charge is -2.03. The van der Waals surface area contributed by atoms with Crippen LogP contribution in [0, 0.1) is 0 Å². The monoisotopic (exact) mass is 200 g/mol. The average molecular weight is 200 g/mol. The first kappa shape index (κ1) is 10.6. The quantitative estimate of drug-likeness (QED) is 0.680. The Labute approximate surface area is 83.1 Å². The molecule has 4 heteroatoms. The Bertz CT molecular complexity index is 201. The van der Waals surface area contributed by atoms with Crippen molar-refractivity contribution in [1.29, 1.82) is 0 Å². The summed E-state index contributed by atoms with van der Waals surface area (Å²) in [6, 6.07) is 0. The van der Waals surface area contributed by atoms with Crippen LogP contribution >= 0.6 is 11.3 Å². The van der Waals surface area contributed by atoms with Crippen LogP contribution in [0.1, 0.15) is 18.2 Å². The van der Waals surface area contributed by atoms with Gasteiger partial charge < -0.3 is 10.1 Å². The minimum atomic E-state index is 0.798. The first-order valence-corrected chi connectivity index (χ1v) is 5.47. The second-order valence-electron chi connectivity index (χ2n) is 2.76. The molecular formula is C9H16N2OS. The van der Waals surface area contributed by atoms with Gasteiger partial charge in [-0.1, -0.05) is 6.92 Å². The summed E-state index contributed by atoms with van der Waals surface area (Å²) in [5.74, 6) is 0.